The van der Waals surface area contributed by atoms with Gasteiger partial charge < -0.3 is 4.90 Å². The number of hydrogen-bond acceptors (Lipinski definition) is 1. The Morgan fingerprint density at radius 2 is 1.56 bits per heavy atom. The summed E-state index contributed by atoms with van der Waals surface area (Å²) in [6, 6.07) is 18.3. The molecular formula is C24H26BrNO. The van der Waals surface area contributed by atoms with Gasteiger partial charge in [-0.3, -0.25) is 4.79 Å². The highest BCUT2D eigenvalue weighted by Gasteiger charge is 2.54. The normalized spacial score (nSPS) is 31.1. The van der Waals surface area contributed by atoms with E-state index in [9.17, 15) is 4.79 Å². The number of carbonyl (C=O) groups excluding carboxylic acids is 1. The van der Waals surface area contributed by atoms with Crippen LogP contribution < -0.4 is 0 Å². The molecule has 4 aliphatic rings. The summed E-state index contributed by atoms with van der Waals surface area (Å²) in [6.45, 7) is 0.708. The predicted octanol–water partition coefficient (Wildman–Crippen LogP) is 6.06. The van der Waals surface area contributed by atoms with Crippen LogP contribution in [0.5, 0.6) is 0 Å². The summed E-state index contributed by atoms with van der Waals surface area (Å²) in [6.07, 6.45) is 7.78. The Morgan fingerprint density at radius 3 is 2.15 bits per heavy atom. The van der Waals surface area contributed by atoms with Crippen LogP contribution in [0.15, 0.2) is 59.1 Å². The van der Waals surface area contributed by atoms with Gasteiger partial charge in [0, 0.05) is 22.1 Å². The molecule has 3 heteroatoms. The molecule has 6 rings (SSSR count). The Labute approximate surface area is 170 Å². The van der Waals surface area contributed by atoms with E-state index in [2.05, 4.69) is 45.1 Å². The lowest BCUT2D eigenvalue weighted by atomic mass is 9.52. The molecule has 140 valence electrons. The van der Waals surface area contributed by atoms with Gasteiger partial charge >= 0.3 is 0 Å². The van der Waals surface area contributed by atoms with Gasteiger partial charge in [0.15, 0.2) is 0 Å². The zero-order chi connectivity index (χ0) is 18.4. The van der Waals surface area contributed by atoms with Crippen LogP contribution in [0.25, 0.3) is 0 Å². The minimum Gasteiger partial charge on any atom is -0.329 e. The van der Waals surface area contributed by atoms with E-state index in [0.29, 0.717) is 6.54 Å². The molecule has 4 fully saturated rings. The van der Waals surface area contributed by atoms with Gasteiger partial charge in [0.25, 0.3) is 5.91 Å². The number of nitrogens with zero attached hydrogens (tertiary/aromatic N) is 1. The van der Waals surface area contributed by atoms with Gasteiger partial charge in [-0.05, 0) is 86.1 Å². The maximum atomic E-state index is 13.7. The van der Waals surface area contributed by atoms with Gasteiger partial charge in [-0.15, -0.1) is 0 Å². The van der Waals surface area contributed by atoms with Crippen molar-refractivity contribution in [3.8, 4) is 0 Å². The zero-order valence-electron chi connectivity index (χ0n) is 15.6. The Bertz CT molecular complexity index is 811. The fraction of sp³-hybridized carbons (Fsp3) is 0.458. The van der Waals surface area contributed by atoms with E-state index in [0.717, 1.165) is 27.8 Å². The van der Waals surface area contributed by atoms with Crippen molar-refractivity contribution in [3.05, 3.63) is 70.2 Å². The molecule has 0 atom stereocenters. The van der Waals surface area contributed by atoms with Crippen molar-refractivity contribution in [2.75, 3.05) is 0 Å². The van der Waals surface area contributed by atoms with Crippen LogP contribution in [0.1, 0.15) is 54.4 Å². The van der Waals surface area contributed by atoms with E-state index in [4.69, 9.17) is 0 Å². The second-order valence-corrected chi connectivity index (χ2v) is 9.94. The summed E-state index contributed by atoms with van der Waals surface area (Å²) < 4.78 is 1.08. The van der Waals surface area contributed by atoms with Gasteiger partial charge in [-0.25, -0.2) is 0 Å². The third-order valence-corrected chi connectivity index (χ3v) is 7.57. The van der Waals surface area contributed by atoms with Crippen LogP contribution in [0.3, 0.4) is 0 Å². The van der Waals surface area contributed by atoms with Crippen LogP contribution in [0.4, 0.5) is 0 Å². The summed E-state index contributed by atoms with van der Waals surface area (Å²) in [5, 5.41) is 0. The molecule has 0 spiro atoms. The summed E-state index contributed by atoms with van der Waals surface area (Å²) >= 11 is 3.59. The first kappa shape index (κ1) is 17.5. The quantitative estimate of drug-likeness (QED) is 0.584. The fourth-order valence-corrected chi connectivity index (χ4v) is 6.85. The molecular weight excluding hydrogens is 398 g/mol. The van der Waals surface area contributed by atoms with Crippen molar-refractivity contribution >= 4 is 21.8 Å². The number of hydrogen-bond donors (Lipinski definition) is 0. The number of halogens is 1. The van der Waals surface area contributed by atoms with Crippen LogP contribution in [-0.2, 0) is 6.54 Å². The molecule has 2 nitrogen and oxygen atoms in total. The highest BCUT2D eigenvalue weighted by Crippen LogP contribution is 2.58. The largest absolute Gasteiger partial charge is 0.329 e. The molecule has 4 bridgehead atoms. The Hall–Kier alpha value is -1.61. The molecule has 27 heavy (non-hydrogen) atoms. The molecule has 2 aromatic carbocycles. The average molecular weight is 424 g/mol. The third-order valence-electron chi connectivity index (χ3n) is 7.07. The van der Waals surface area contributed by atoms with Crippen LogP contribution in [0, 0.1) is 17.8 Å². The van der Waals surface area contributed by atoms with Gasteiger partial charge in [0.2, 0.25) is 0 Å². The highest BCUT2D eigenvalue weighted by atomic mass is 79.9. The van der Waals surface area contributed by atoms with Gasteiger partial charge in [-0.1, -0.05) is 46.3 Å². The first-order chi connectivity index (χ1) is 13.1. The smallest absolute Gasteiger partial charge is 0.254 e. The molecule has 0 unspecified atom stereocenters. The average Bonchev–Trinajstić information content (AvgIpc) is 2.65. The van der Waals surface area contributed by atoms with E-state index in [-0.39, 0.29) is 11.4 Å². The van der Waals surface area contributed by atoms with Crippen molar-refractivity contribution in [2.24, 2.45) is 17.8 Å². The maximum absolute atomic E-state index is 13.7. The van der Waals surface area contributed by atoms with Crippen LogP contribution >= 0.6 is 15.9 Å². The van der Waals surface area contributed by atoms with Crippen molar-refractivity contribution in [1.29, 1.82) is 0 Å². The van der Waals surface area contributed by atoms with Crippen LogP contribution in [0.2, 0.25) is 0 Å². The second-order valence-electron chi connectivity index (χ2n) is 9.03. The molecule has 0 N–H and O–H groups in total. The van der Waals surface area contributed by atoms with E-state index < -0.39 is 0 Å². The first-order valence-electron chi connectivity index (χ1n) is 10.2. The van der Waals surface area contributed by atoms with Gasteiger partial charge in [0.05, 0.1) is 0 Å². The minimum atomic E-state index is 0.0595. The molecule has 4 aliphatic carbocycles. The van der Waals surface area contributed by atoms with Gasteiger partial charge in [0.1, 0.15) is 0 Å². The molecule has 0 aromatic heterocycles. The summed E-state index contributed by atoms with van der Waals surface area (Å²) in [5.74, 6) is 2.68. The molecule has 1 amide bonds. The lowest BCUT2D eigenvalue weighted by Crippen LogP contribution is -2.61. The summed E-state index contributed by atoms with van der Waals surface area (Å²) in [4.78, 5) is 15.9. The zero-order valence-corrected chi connectivity index (χ0v) is 17.2. The molecule has 4 saturated carbocycles. The first-order valence-corrected chi connectivity index (χ1v) is 11.0. The summed E-state index contributed by atoms with van der Waals surface area (Å²) in [5.41, 5.74) is 2.09. The van der Waals surface area contributed by atoms with E-state index in [1.165, 1.54) is 44.1 Å². The molecule has 2 aromatic rings. The Morgan fingerprint density at radius 1 is 0.926 bits per heavy atom. The van der Waals surface area contributed by atoms with E-state index >= 15 is 0 Å². The topological polar surface area (TPSA) is 20.3 Å². The van der Waals surface area contributed by atoms with E-state index in [1.807, 2.05) is 30.3 Å². The molecule has 0 heterocycles. The fourth-order valence-electron chi connectivity index (χ4n) is 6.40. The predicted molar refractivity (Wildman–Crippen MR) is 111 cm³/mol. The van der Waals surface area contributed by atoms with Crippen molar-refractivity contribution in [1.82, 2.24) is 4.90 Å². The molecule has 0 radical (unpaired) electrons. The Balaban J connectivity index is 1.53. The van der Waals surface area contributed by atoms with Crippen molar-refractivity contribution in [2.45, 2.75) is 50.6 Å². The highest BCUT2D eigenvalue weighted by molar-refractivity contribution is 9.10. The number of benzene rings is 2. The van der Waals surface area contributed by atoms with E-state index in [1.54, 1.807) is 0 Å². The molecule has 0 aliphatic heterocycles. The van der Waals surface area contributed by atoms with Crippen molar-refractivity contribution in [3.63, 3.8) is 0 Å². The van der Waals surface area contributed by atoms with Gasteiger partial charge in [-0.2, -0.15) is 0 Å². The molecule has 0 saturated heterocycles. The Kier molecular flexibility index (Phi) is 4.39. The number of amides is 1. The van der Waals surface area contributed by atoms with Crippen LogP contribution in [-0.4, -0.2) is 16.3 Å². The summed E-state index contributed by atoms with van der Waals surface area (Å²) in [7, 11) is 0. The second kappa shape index (κ2) is 6.77. The number of carbonyl (C=O) groups is 1. The maximum Gasteiger partial charge on any atom is 0.254 e. The number of rotatable bonds is 4. The minimum absolute atomic E-state index is 0.0595. The SMILES string of the molecule is O=C(c1ccccc1)N(Cc1cccc(Br)c1)C12CC3CC(CC(C3)C1)C2. The lowest BCUT2D eigenvalue weighted by molar-refractivity contribution is -0.0775. The third kappa shape index (κ3) is 3.24. The van der Waals surface area contributed by atoms with Crippen molar-refractivity contribution < 1.29 is 4.79 Å². The standard InChI is InChI=1S/C24H26BrNO/c25-22-8-4-5-17(12-22)16-26(23(27)21-6-2-1-3-7-21)24-13-18-9-19(14-24)11-20(10-18)15-24/h1-8,12,18-20H,9-11,13-16H2. The lowest BCUT2D eigenvalue weighted by Gasteiger charge is -2.60. The monoisotopic (exact) mass is 423 g/mol.